The molecule has 0 aliphatic carbocycles. The van der Waals surface area contributed by atoms with E-state index in [0.717, 1.165) is 26.2 Å². The van der Waals surface area contributed by atoms with Crippen molar-refractivity contribution in [1.29, 1.82) is 0 Å². The van der Waals surface area contributed by atoms with Crippen LogP contribution in [0.15, 0.2) is 0 Å². The zero-order valence-electron chi connectivity index (χ0n) is 9.21. The second-order valence-corrected chi connectivity index (χ2v) is 3.21. The molecule has 0 unspecified atom stereocenters. The summed E-state index contributed by atoms with van der Waals surface area (Å²) in [6, 6.07) is 0. The summed E-state index contributed by atoms with van der Waals surface area (Å²) in [5.41, 5.74) is 0. The summed E-state index contributed by atoms with van der Waals surface area (Å²) in [6.45, 7) is 6.76. The molecule has 3 nitrogen and oxygen atoms in total. The maximum Gasteiger partial charge on any atom is 0.0700 e. The summed E-state index contributed by atoms with van der Waals surface area (Å²) < 4.78 is 10.2. The standard InChI is InChI=1S/C10H23NO2/c1-4-11(2)7-5-6-8-13-10-9-12-3/h4-10H2,1-3H3. The normalized spacial score (nSPS) is 11.1. The third-order valence-electron chi connectivity index (χ3n) is 2.05. The molecule has 80 valence electrons. The van der Waals surface area contributed by atoms with Crippen molar-refractivity contribution in [2.24, 2.45) is 0 Å². The van der Waals surface area contributed by atoms with Crippen molar-refractivity contribution in [3.63, 3.8) is 0 Å². The van der Waals surface area contributed by atoms with Crippen LogP contribution in [0.4, 0.5) is 0 Å². The van der Waals surface area contributed by atoms with Crippen molar-refractivity contribution in [3.8, 4) is 0 Å². The molecule has 0 fully saturated rings. The highest BCUT2D eigenvalue weighted by atomic mass is 16.5. The number of rotatable bonds is 9. The Morgan fingerprint density at radius 1 is 1.08 bits per heavy atom. The maximum atomic E-state index is 5.35. The Balaban J connectivity index is 2.91. The summed E-state index contributed by atoms with van der Waals surface area (Å²) in [5, 5.41) is 0. The van der Waals surface area contributed by atoms with Gasteiger partial charge in [0.25, 0.3) is 0 Å². The fourth-order valence-corrected chi connectivity index (χ4v) is 0.988. The minimum atomic E-state index is 0.703. The SMILES string of the molecule is CCN(C)CCCCOCCOC. The highest BCUT2D eigenvalue weighted by Gasteiger charge is 1.94. The van der Waals surface area contributed by atoms with Gasteiger partial charge in [-0.2, -0.15) is 0 Å². The molecule has 3 heteroatoms. The molecule has 0 radical (unpaired) electrons. The lowest BCUT2D eigenvalue weighted by Crippen LogP contribution is -2.19. The quantitative estimate of drug-likeness (QED) is 0.511. The fraction of sp³-hybridized carbons (Fsp3) is 1.00. The molecule has 0 aromatic rings. The van der Waals surface area contributed by atoms with E-state index in [4.69, 9.17) is 9.47 Å². The summed E-state index contributed by atoms with van der Waals surface area (Å²) >= 11 is 0. The monoisotopic (exact) mass is 189 g/mol. The van der Waals surface area contributed by atoms with Gasteiger partial charge in [-0.1, -0.05) is 6.92 Å². The number of hydrogen-bond donors (Lipinski definition) is 0. The Morgan fingerprint density at radius 2 is 1.85 bits per heavy atom. The molecule has 0 N–H and O–H groups in total. The lowest BCUT2D eigenvalue weighted by Gasteiger charge is -2.12. The molecule has 13 heavy (non-hydrogen) atoms. The predicted molar refractivity (Wildman–Crippen MR) is 55.1 cm³/mol. The average molecular weight is 189 g/mol. The molecular formula is C10H23NO2. The maximum absolute atomic E-state index is 5.35. The third-order valence-corrected chi connectivity index (χ3v) is 2.05. The van der Waals surface area contributed by atoms with Crippen molar-refractivity contribution >= 4 is 0 Å². The Hall–Kier alpha value is -0.120. The van der Waals surface area contributed by atoms with Crippen molar-refractivity contribution in [3.05, 3.63) is 0 Å². The van der Waals surface area contributed by atoms with E-state index in [0.29, 0.717) is 6.61 Å². The number of methoxy groups -OCH3 is 1. The highest BCUT2D eigenvalue weighted by Crippen LogP contribution is 1.93. The molecular weight excluding hydrogens is 166 g/mol. The van der Waals surface area contributed by atoms with Crippen LogP contribution in [-0.4, -0.2) is 52.0 Å². The van der Waals surface area contributed by atoms with Gasteiger partial charge in [-0.3, -0.25) is 0 Å². The fourth-order valence-electron chi connectivity index (χ4n) is 0.988. The van der Waals surface area contributed by atoms with Crippen LogP contribution in [0.5, 0.6) is 0 Å². The summed E-state index contributed by atoms with van der Waals surface area (Å²) in [6.07, 6.45) is 2.37. The van der Waals surface area contributed by atoms with E-state index in [1.54, 1.807) is 7.11 Å². The first-order valence-electron chi connectivity index (χ1n) is 5.06. The third kappa shape index (κ3) is 9.80. The zero-order valence-corrected chi connectivity index (χ0v) is 9.21. The minimum absolute atomic E-state index is 0.703. The molecule has 0 heterocycles. The Morgan fingerprint density at radius 3 is 2.46 bits per heavy atom. The molecule has 0 saturated heterocycles. The van der Waals surface area contributed by atoms with Gasteiger partial charge in [-0.25, -0.2) is 0 Å². The smallest absolute Gasteiger partial charge is 0.0700 e. The number of ether oxygens (including phenoxy) is 2. The molecule has 0 aliphatic rings. The second kappa shape index (κ2) is 9.96. The van der Waals surface area contributed by atoms with Gasteiger partial charge in [-0.15, -0.1) is 0 Å². The van der Waals surface area contributed by atoms with Gasteiger partial charge in [-0.05, 0) is 33.0 Å². The first kappa shape index (κ1) is 12.9. The van der Waals surface area contributed by atoms with Gasteiger partial charge in [0, 0.05) is 13.7 Å². The van der Waals surface area contributed by atoms with Crippen molar-refractivity contribution in [2.75, 3.05) is 47.1 Å². The number of unbranched alkanes of at least 4 members (excludes halogenated alkanes) is 1. The lowest BCUT2D eigenvalue weighted by molar-refractivity contribution is 0.0680. The van der Waals surface area contributed by atoms with Crippen molar-refractivity contribution in [1.82, 2.24) is 4.90 Å². The van der Waals surface area contributed by atoms with Crippen LogP contribution in [0.3, 0.4) is 0 Å². The van der Waals surface area contributed by atoms with Gasteiger partial charge < -0.3 is 14.4 Å². The van der Waals surface area contributed by atoms with Gasteiger partial charge in [0.1, 0.15) is 0 Å². The van der Waals surface area contributed by atoms with E-state index in [-0.39, 0.29) is 0 Å². The van der Waals surface area contributed by atoms with Crippen LogP contribution in [0.2, 0.25) is 0 Å². The number of nitrogens with zero attached hydrogens (tertiary/aromatic N) is 1. The van der Waals surface area contributed by atoms with Gasteiger partial charge in [0.2, 0.25) is 0 Å². The Bertz CT molecular complexity index is 98.9. The van der Waals surface area contributed by atoms with Crippen LogP contribution in [0, 0.1) is 0 Å². The van der Waals surface area contributed by atoms with Gasteiger partial charge in [0.05, 0.1) is 13.2 Å². The topological polar surface area (TPSA) is 21.7 Å². The number of hydrogen-bond acceptors (Lipinski definition) is 3. The molecule has 0 aliphatic heterocycles. The Kier molecular flexibility index (Phi) is 9.87. The van der Waals surface area contributed by atoms with Crippen LogP contribution >= 0.6 is 0 Å². The first-order valence-corrected chi connectivity index (χ1v) is 5.06. The lowest BCUT2D eigenvalue weighted by atomic mass is 10.3. The average Bonchev–Trinajstić information content (AvgIpc) is 2.16. The molecule has 0 spiro atoms. The van der Waals surface area contributed by atoms with E-state index in [1.807, 2.05) is 0 Å². The van der Waals surface area contributed by atoms with E-state index < -0.39 is 0 Å². The van der Waals surface area contributed by atoms with Crippen LogP contribution in [-0.2, 0) is 9.47 Å². The van der Waals surface area contributed by atoms with Crippen LogP contribution in [0.25, 0.3) is 0 Å². The van der Waals surface area contributed by atoms with Crippen molar-refractivity contribution < 1.29 is 9.47 Å². The zero-order chi connectivity index (χ0) is 9.94. The Labute approximate surface area is 82.0 Å². The highest BCUT2D eigenvalue weighted by molar-refractivity contribution is 4.47. The van der Waals surface area contributed by atoms with Gasteiger partial charge >= 0.3 is 0 Å². The van der Waals surface area contributed by atoms with E-state index in [9.17, 15) is 0 Å². The predicted octanol–water partition coefficient (Wildman–Crippen LogP) is 1.38. The van der Waals surface area contributed by atoms with Crippen LogP contribution < -0.4 is 0 Å². The van der Waals surface area contributed by atoms with E-state index in [1.165, 1.54) is 13.0 Å². The summed E-state index contributed by atoms with van der Waals surface area (Å²) in [7, 11) is 3.84. The van der Waals surface area contributed by atoms with Crippen LogP contribution in [0.1, 0.15) is 19.8 Å². The second-order valence-electron chi connectivity index (χ2n) is 3.21. The molecule has 0 rings (SSSR count). The molecule has 0 aromatic carbocycles. The van der Waals surface area contributed by atoms with E-state index >= 15 is 0 Å². The first-order chi connectivity index (χ1) is 6.31. The minimum Gasteiger partial charge on any atom is -0.382 e. The largest absolute Gasteiger partial charge is 0.382 e. The summed E-state index contributed by atoms with van der Waals surface area (Å²) in [4.78, 5) is 2.31. The van der Waals surface area contributed by atoms with E-state index in [2.05, 4.69) is 18.9 Å². The molecule has 0 saturated carbocycles. The molecule has 0 bridgehead atoms. The molecule has 0 aromatic heterocycles. The summed E-state index contributed by atoms with van der Waals surface area (Å²) in [5.74, 6) is 0. The van der Waals surface area contributed by atoms with Crippen molar-refractivity contribution in [2.45, 2.75) is 19.8 Å². The molecule has 0 atom stereocenters. The van der Waals surface area contributed by atoms with Gasteiger partial charge in [0.15, 0.2) is 0 Å². The molecule has 0 amide bonds.